The van der Waals surface area contributed by atoms with Crippen LogP contribution in [0.25, 0.3) is 0 Å². The summed E-state index contributed by atoms with van der Waals surface area (Å²) in [5, 5.41) is 5.04. The van der Waals surface area contributed by atoms with Gasteiger partial charge in [0.05, 0.1) is 28.9 Å². The van der Waals surface area contributed by atoms with E-state index in [0.717, 1.165) is 0 Å². The quantitative estimate of drug-likeness (QED) is 0.216. The van der Waals surface area contributed by atoms with Gasteiger partial charge in [-0.15, -0.1) is 0 Å². The number of nitrogens with zero attached hydrogens (tertiary/aromatic N) is 1. The van der Waals surface area contributed by atoms with Crippen LogP contribution in [0.15, 0.2) is 65.8 Å². The molecule has 0 saturated heterocycles. The van der Waals surface area contributed by atoms with Gasteiger partial charge >= 0.3 is 5.97 Å². The third kappa shape index (κ3) is 5.98. The molecule has 3 aromatic carbocycles. The minimum Gasteiger partial charge on any atom is -0.493 e. The van der Waals surface area contributed by atoms with Crippen molar-refractivity contribution in [3.63, 3.8) is 0 Å². The van der Waals surface area contributed by atoms with Gasteiger partial charge in [-0.3, -0.25) is 4.79 Å². The van der Waals surface area contributed by atoms with Crippen molar-refractivity contribution >= 4 is 52.9 Å². The fraction of sp³-hybridized carbons (Fsp3) is 0.0455. The van der Waals surface area contributed by atoms with Crippen LogP contribution in [0.4, 0.5) is 0 Å². The number of carbonyl (C=O) groups excluding carboxylic acids is 2. The van der Waals surface area contributed by atoms with Crippen LogP contribution in [0.3, 0.4) is 0 Å². The van der Waals surface area contributed by atoms with E-state index in [1.807, 2.05) is 0 Å². The van der Waals surface area contributed by atoms with Crippen molar-refractivity contribution in [3.8, 4) is 11.5 Å². The second kappa shape index (κ2) is 10.3. The number of methoxy groups -OCH3 is 1. The van der Waals surface area contributed by atoms with E-state index in [4.69, 9.17) is 44.3 Å². The van der Waals surface area contributed by atoms with Gasteiger partial charge in [-0.1, -0.05) is 34.8 Å². The molecule has 1 N–H and O–H groups in total. The molecule has 0 aliphatic rings. The lowest BCUT2D eigenvalue weighted by Crippen LogP contribution is -2.17. The van der Waals surface area contributed by atoms with E-state index in [1.165, 1.54) is 31.5 Å². The normalized spacial score (nSPS) is 10.7. The smallest absolute Gasteiger partial charge is 0.343 e. The molecule has 0 radical (unpaired) electrons. The molecule has 158 valence electrons. The molecule has 1 amide bonds. The van der Waals surface area contributed by atoms with Crippen LogP contribution in [-0.4, -0.2) is 25.2 Å². The summed E-state index contributed by atoms with van der Waals surface area (Å²) in [6, 6.07) is 15.7. The van der Waals surface area contributed by atoms with Gasteiger partial charge in [0.25, 0.3) is 5.91 Å². The van der Waals surface area contributed by atoms with Gasteiger partial charge in [-0.2, -0.15) is 5.10 Å². The molecule has 0 fully saturated rings. The summed E-state index contributed by atoms with van der Waals surface area (Å²) >= 11 is 17.6. The summed E-state index contributed by atoms with van der Waals surface area (Å²) in [4.78, 5) is 24.4. The van der Waals surface area contributed by atoms with Crippen LogP contribution in [0, 0.1) is 0 Å². The number of rotatable bonds is 6. The van der Waals surface area contributed by atoms with Crippen molar-refractivity contribution in [3.05, 3.63) is 92.4 Å². The van der Waals surface area contributed by atoms with Gasteiger partial charge in [0.2, 0.25) is 0 Å². The number of benzene rings is 3. The number of hydrogen-bond acceptors (Lipinski definition) is 5. The van der Waals surface area contributed by atoms with Crippen LogP contribution < -0.4 is 14.9 Å². The Morgan fingerprint density at radius 1 is 0.871 bits per heavy atom. The highest BCUT2D eigenvalue weighted by Gasteiger charge is 2.14. The van der Waals surface area contributed by atoms with Gasteiger partial charge in [0.1, 0.15) is 0 Å². The Morgan fingerprint density at radius 3 is 2.26 bits per heavy atom. The van der Waals surface area contributed by atoms with Crippen LogP contribution in [-0.2, 0) is 0 Å². The molecular formula is C22H15Cl3N2O4. The molecule has 0 aliphatic carbocycles. The Balaban J connectivity index is 1.68. The lowest BCUT2D eigenvalue weighted by molar-refractivity contribution is 0.0729. The van der Waals surface area contributed by atoms with Crippen molar-refractivity contribution in [1.29, 1.82) is 0 Å². The van der Waals surface area contributed by atoms with Gasteiger partial charge < -0.3 is 9.47 Å². The van der Waals surface area contributed by atoms with E-state index in [1.54, 1.807) is 42.5 Å². The lowest BCUT2D eigenvalue weighted by atomic mass is 10.2. The molecule has 3 aromatic rings. The zero-order valence-electron chi connectivity index (χ0n) is 16.1. The van der Waals surface area contributed by atoms with Gasteiger partial charge in [-0.25, -0.2) is 10.2 Å². The van der Waals surface area contributed by atoms with Crippen molar-refractivity contribution in [1.82, 2.24) is 5.43 Å². The highest BCUT2D eigenvalue weighted by molar-refractivity contribution is 6.42. The molecule has 0 aliphatic heterocycles. The van der Waals surface area contributed by atoms with Gasteiger partial charge in [0.15, 0.2) is 11.5 Å². The summed E-state index contributed by atoms with van der Waals surface area (Å²) in [7, 11) is 1.44. The van der Waals surface area contributed by atoms with E-state index < -0.39 is 5.97 Å². The zero-order valence-corrected chi connectivity index (χ0v) is 18.3. The summed E-state index contributed by atoms with van der Waals surface area (Å²) in [6.45, 7) is 0. The molecule has 0 atom stereocenters. The van der Waals surface area contributed by atoms with Crippen LogP contribution in [0.2, 0.25) is 15.1 Å². The Morgan fingerprint density at radius 2 is 1.58 bits per heavy atom. The Bertz CT molecular complexity index is 1150. The number of hydrogen-bond donors (Lipinski definition) is 1. The fourth-order valence-electron chi connectivity index (χ4n) is 2.46. The number of nitrogens with one attached hydrogen (secondary N) is 1. The number of ether oxygens (including phenoxy) is 2. The first kappa shape index (κ1) is 22.6. The van der Waals surface area contributed by atoms with Gasteiger partial charge in [0, 0.05) is 10.6 Å². The molecule has 0 saturated carbocycles. The standard InChI is InChI=1S/C22H15Cl3N2O4/c1-30-20-10-13(12-26-27-21(28)14-3-6-16(23)7-4-14)2-9-19(20)31-22(29)15-5-8-17(24)18(25)11-15/h2-12H,1H3,(H,27,28)/b26-12-. The summed E-state index contributed by atoms with van der Waals surface area (Å²) < 4.78 is 10.7. The van der Waals surface area contributed by atoms with Crippen LogP contribution in [0.5, 0.6) is 11.5 Å². The summed E-state index contributed by atoms with van der Waals surface area (Å²) in [5.41, 5.74) is 3.70. The van der Waals surface area contributed by atoms with E-state index in [-0.39, 0.29) is 22.2 Å². The van der Waals surface area contributed by atoms with Crippen molar-refractivity contribution in [2.24, 2.45) is 5.10 Å². The Labute approximate surface area is 193 Å². The minimum absolute atomic E-state index is 0.209. The maximum atomic E-state index is 12.4. The molecule has 3 rings (SSSR count). The monoisotopic (exact) mass is 476 g/mol. The molecular weight excluding hydrogens is 463 g/mol. The molecule has 6 nitrogen and oxygen atoms in total. The number of halogens is 3. The maximum absolute atomic E-state index is 12.4. The predicted octanol–water partition coefficient (Wildman–Crippen LogP) is 5.64. The molecule has 9 heteroatoms. The first-order valence-corrected chi connectivity index (χ1v) is 9.95. The third-order valence-electron chi connectivity index (χ3n) is 4.03. The number of amides is 1. The number of esters is 1. The molecule has 0 heterocycles. The molecule has 0 unspecified atom stereocenters. The first-order chi connectivity index (χ1) is 14.9. The molecule has 0 aromatic heterocycles. The predicted molar refractivity (Wildman–Crippen MR) is 121 cm³/mol. The first-order valence-electron chi connectivity index (χ1n) is 8.81. The van der Waals surface area contributed by atoms with E-state index >= 15 is 0 Å². The maximum Gasteiger partial charge on any atom is 0.343 e. The van der Waals surface area contributed by atoms with Crippen molar-refractivity contribution < 1.29 is 19.1 Å². The molecule has 31 heavy (non-hydrogen) atoms. The average Bonchev–Trinajstić information content (AvgIpc) is 2.76. The van der Waals surface area contributed by atoms with Crippen molar-refractivity contribution in [2.45, 2.75) is 0 Å². The highest BCUT2D eigenvalue weighted by Crippen LogP contribution is 2.29. The third-order valence-corrected chi connectivity index (χ3v) is 5.02. The highest BCUT2D eigenvalue weighted by atomic mass is 35.5. The molecule has 0 spiro atoms. The zero-order chi connectivity index (χ0) is 22.4. The van der Waals surface area contributed by atoms with E-state index in [0.29, 0.717) is 26.9 Å². The topological polar surface area (TPSA) is 77.0 Å². The molecule has 0 bridgehead atoms. The SMILES string of the molecule is COc1cc(/C=N\NC(=O)c2ccc(Cl)cc2)ccc1OC(=O)c1ccc(Cl)c(Cl)c1. The number of hydrazone groups is 1. The van der Waals surface area contributed by atoms with Crippen molar-refractivity contribution in [2.75, 3.05) is 7.11 Å². The second-order valence-electron chi connectivity index (χ2n) is 6.13. The minimum atomic E-state index is -0.617. The second-order valence-corrected chi connectivity index (χ2v) is 7.39. The van der Waals surface area contributed by atoms with E-state index in [2.05, 4.69) is 10.5 Å². The number of carbonyl (C=O) groups is 2. The average molecular weight is 478 g/mol. The summed E-state index contributed by atoms with van der Waals surface area (Å²) in [5.74, 6) is -0.483. The van der Waals surface area contributed by atoms with Crippen LogP contribution >= 0.6 is 34.8 Å². The van der Waals surface area contributed by atoms with E-state index in [9.17, 15) is 9.59 Å². The lowest BCUT2D eigenvalue weighted by Gasteiger charge is -2.10. The van der Waals surface area contributed by atoms with Gasteiger partial charge in [-0.05, 0) is 66.2 Å². The van der Waals surface area contributed by atoms with Crippen LogP contribution in [0.1, 0.15) is 26.3 Å². The largest absolute Gasteiger partial charge is 0.493 e. The summed E-state index contributed by atoms with van der Waals surface area (Å²) in [6.07, 6.45) is 1.43. The Kier molecular flexibility index (Phi) is 7.52. The fourth-order valence-corrected chi connectivity index (χ4v) is 2.89. The Hall–Kier alpha value is -3.06.